The van der Waals surface area contributed by atoms with Gasteiger partial charge in [0.25, 0.3) is 0 Å². The van der Waals surface area contributed by atoms with Crippen LogP contribution in [-0.4, -0.2) is 38.0 Å². The molecule has 4 rings (SSSR count). The fraction of sp³-hybridized carbons (Fsp3) is 0.368. The number of halogens is 1. The number of carbonyl (C=O) groups is 2. The molecule has 6 nitrogen and oxygen atoms in total. The molecule has 2 fully saturated rings. The second-order valence-corrected chi connectivity index (χ2v) is 8.30. The van der Waals surface area contributed by atoms with Gasteiger partial charge in [-0.2, -0.15) is 0 Å². The lowest BCUT2D eigenvalue weighted by Gasteiger charge is -2.26. The van der Waals surface area contributed by atoms with Gasteiger partial charge in [0.05, 0.1) is 17.5 Å². The van der Waals surface area contributed by atoms with Crippen molar-refractivity contribution >= 4 is 46.5 Å². The van der Waals surface area contributed by atoms with Gasteiger partial charge in [0.2, 0.25) is 0 Å². The third-order valence-corrected chi connectivity index (χ3v) is 5.95. The molecular weight excluding hydrogens is 388 g/mol. The van der Waals surface area contributed by atoms with E-state index in [0.717, 1.165) is 35.0 Å². The molecule has 8 heteroatoms. The molecule has 0 bridgehead atoms. The van der Waals surface area contributed by atoms with Crippen molar-refractivity contribution in [3.8, 4) is 0 Å². The summed E-state index contributed by atoms with van der Waals surface area (Å²) < 4.78 is 11.3. The number of anilines is 2. The van der Waals surface area contributed by atoms with Crippen molar-refractivity contribution in [1.29, 1.82) is 0 Å². The number of rotatable bonds is 5. The van der Waals surface area contributed by atoms with Gasteiger partial charge in [-0.25, -0.2) is 9.59 Å². The minimum atomic E-state index is -0.339. The zero-order valence-corrected chi connectivity index (χ0v) is 16.2. The zero-order chi connectivity index (χ0) is 18.8. The summed E-state index contributed by atoms with van der Waals surface area (Å²) in [5.74, 6) is 0. The van der Waals surface area contributed by atoms with Crippen molar-refractivity contribution in [3.63, 3.8) is 0 Å². The van der Waals surface area contributed by atoms with Crippen LogP contribution in [0.15, 0.2) is 36.4 Å². The molecule has 2 amide bonds. The van der Waals surface area contributed by atoms with Gasteiger partial charge in [-0.05, 0) is 55.7 Å². The molecule has 1 atom stereocenters. The van der Waals surface area contributed by atoms with Gasteiger partial charge < -0.3 is 9.47 Å². The second-order valence-electron chi connectivity index (χ2n) is 6.50. The van der Waals surface area contributed by atoms with E-state index in [1.165, 1.54) is 4.88 Å². The molecule has 2 aromatic rings. The van der Waals surface area contributed by atoms with Crippen molar-refractivity contribution in [1.82, 2.24) is 0 Å². The standard InChI is InChI=1S/C19H19ClN2O4S/c20-17-9-8-16(27-17)7-6-15-12-22(19(24)26-15)14-4-2-13(3-5-14)21-10-1-11-25-18(21)23/h2-5,8-9,15H,1,6-7,10-12H2/t15-/m0/s1. The smallest absolute Gasteiger partial charge is 0.414 e. The Balaban J connectivity index is 1.38. The number of benzene rings is 1. The van der Waals surface area contributed by atoms with E-state index in [2.05, 4.69) is 0 Å². The first-order valence-electron chi connectivity index (χ1n) is 8.87. The summed E-state index contributed by atoms with van der Waals surface area (Å²) in [5.41, 5.74) is 1.53. The first-order chi connectivity index (χ1) is 13.1. The Kier molecular flexibility index (Phi) is 5.22. The number of amides is 2. The molecule has 1 aromatic heterocycles. The van der Waals surface area contributed by atoms with Crippen molar-refractivity contribution in [2.75, 3.05) is 29.5 Å². The van der Waals surface area contributed by atoms with E-state index in [0.29, 0.717) is 19.7 Å². The van der Waals surface area contributed by atoms with Gasteiger partial charge in [-0.3, -0.25) is 9.80 Å². The molecule has 2 aliphatic heterocycles. The lowest BCUT2D eigenvalue weighted by molar-refractivity contribution is 0.137. The quantitative estimate of drug-likeness (QED) is 0.721. The zero-order valence-electron chi connectivity index (χ0n) is 14.6. The number of hydrogen-bond acceptors (Lipinski definition) is 5. The fourth-order valence-electron chi connectivity index (χ4n) is 3.27. The van der Waals surface area contributed by atoms with Gasteiger partial charge in [0.15, 0.2) is 0 Å². The van der Waals surface area contributed by atoms with Gasteiger partial charge in [-0.1, -0.05) is 11.6 Å². The van der Waals surface area contributed by atoms with Crippen LogP contribution in [0.4, 0.5) is 21.0 Å². The van der Waals surface area contributed by atoms with Crippen LogP contribution in [0.25, 0.3) is 0 Å². The molecule has 142 valence electrons. The van der Waals surface area contributed by atoms with Crippen LogP contribution >= 0.6 is 22.9 Å². The molecule has 0 saturated carbocycles. The van der Waals surface area contributed by atoms with Gasteiger partial charge in [-0.15, -0.1) is 11.3 Å². The van der Waals surface area contributed by atoms with Gasteiger partial charge in [0, 0.05) is 22.8 Å². The second kappa shape index (κ2) is 7.78. The van der Waals surface area contributed by atoms with E-state index in [-0.39, 0.29) is 18.3 Å². The van der Waals surface area contributed by atoms with E-state index in [4.69, 9.17) is 21.1 Å². The third kappa shape index (κ3) is 4.04. The summed E-state index contributed by atoms with van der Waals surface area (Å²) in [6, 6.07) is 11.2. The monoisotopic (exact) mass is 406 g/mol. The average molecular weight is 407 g/mol. The lowest BCUT2D eigenvalue weighted by atomic mass is 10.1. The predicted octanol–water partition coefficient (Wildman–Crippen LogP) is 4.71. The van der Waals surface area contributed by atoms with E-state index in [1.54, 1.807) is 21.1 Å². The molecule has 0 spiro atoms. The minimum Gasteiger partial charge on any atom is -0.449 e. The van der Waals surface area contributed by atoms with Crippen molar-refractivity contribution in [2.24, 2.45) is 0 Å². The van der Waals surface area contributed by atoms with Crippen molar-refractivity contribution in [3.05, 3.63) is 45.6 Å². The largest absolute Gasteiger partial charge is 0.449 e. The van der Waals surface area contributed by atoms with Crippen molar-refractivity contribution < 1.29 is 19.1 Å². The SMILES string of the molecule is O=C1OCCCN1c1ccc(N2C[C@H](CCc3ccc(Cl)s3)OC2=O)cc1. The Morgan fingerprint density at radius 2 is 1.78 bits per heavy atom. The molecule has 3 heterocycles. The number of ether oxygens (including phenoxy) is 2. The Labute approximate surface area is 166 Å². The summed E-state index contributed by atoms with van der Waals surface area (Å²) in [7, 11) is 0. The maximum atomic E-state index is 12.2. The summed E-state index contributed by atoms with van der Waals surface area (Å²) in [4.78, 5) is 28.5. The highest BCUT2D eigenvalue weighted by Crippen LogP contribution is 2.28. The Hall–Kier alpha value is -2.25. The molecule has 0 aliphatic carbocycles. The van der Waals surface area contributed by atoms with Crippen LogP contribution in [0.1, 0.15) is 17.7 Å². The molecule has 0 unspecified atom stereocenters. The highest BCUT2D eigenvalue weighted by molar-refractivity contribution is 7.16. The topological polar surface area (TPSA) is 59.1 Å². The van der Waals surface area contributed by atoms with E-state index in [9.17, 15) is 9.59 Å². The minimum absolute atomic E-state index is 0.143. The van der Waals surface area contributed by atoms with Crippen LogP contribution in [0, 0.1) is 0 Å². The van der Waals surface area contributed by atoms with E-state index < -0.39 is 0 Å². The lowest BCUT2D eigenvalue weighted by Crippen LogP contribution is -2.37. The van der Waals surface area contributed by atoms with Crippen LogP contribution in [0.2, 0.25) is 4.34 Å². The fourth-order valence-corrected chi connectivity index (χ4v) is 4.37. The summed E-state index contributed by atoms with van der Waals surface area (Å²) >= 11 is 7.51. The third-order valence-electron chi connectivity index (χ3n) is 4.66. The summed E-state index contributed by atoms with van der Waals surface area (Å²) in [6.07, 6.45) is 1.59. The van der Waals surface area contributed by atoms with Crippen LogP contribution in [0.5, 0.6) is 0 Å². The number of carbonyl (C=O) groups excluding carboxylic acids is 2. The van der Waals surface area contributed by atoms with Crippen LogP contribution in [-0.2, 0) is 15.9 Å². The maximum Gasteiger partial charge on any atom is 0.414 e. The molecular formula is C19H19ClN2O4S. The predicted molar refractivity (Wildman–Crippen MR) is 105 cm³/mol. The average Bonchev–Trinajstić information content (AvgIpc) is 3.26. The number of cyclic esters (lactones) is 2. The number of aryl methyl sites for hydroxylation is 1. The van der Waals surface area contributed by atoms with Crippen molar-refractivity contribution in [2.45, 2.75) is 25.4 Å². The first kappa shape index (κ1) is 18.1. The first-order valence-corrected chi connectivity index (χ1v) is 10.1. The molecule has 27 heavy (non-hydrogen) atoms. The van der Waals surface area contributed by atoms with Crippen LogP contribution in [0.3, 0.4) is 0 Å². The Bertz CT molecular complexity index is 838. The molecule has 0 N–H and O–H groups in total. The summed E-state index contributed by atoms with van der Waals surface area (Å²) in [6.45, 7) is 1.62. The molecule has 2 saturated heterocycles. The van der Waals surface area contributed by atoms with Crippen LogP contribution < -0.4 is 9.80 Å². The number of hydrogen-bond donors (Lipinski definition) is 0. The molecule has 1 aromatic carbocycles. The normalized spacial score (nSPS) is 20.0. The number of thiophene rings is 1. The van der Waals surface area contributed by atoms with Gasteiger partial charge >= 0.3 is 12.2 Å². The molecule has 0 radical (unpaired) electrons. The highest BCUT2D eigenvalue weighted by atomic mass is 35.5. The van der Waals surface area contributed by atoms with Gasteiger partial charge in [0.1, 0.15) is 6.10 Å². The van der Waals surface area contributed by atoms with E-state index >= 15 is 0 Å². The maximum absolute atomic E-state index is 12.2. The summed E-state index contributed by atoms with van der Waals surface area (Å²) in [5, 5.41) is 0. The highest BCUT2D eigenvalue weighted by Gasteiger charge is 2.32. The number of nitrogens with zero attached hydrogens (tertiary/aromatic N) is 2. The molecule has 2 aliphatic rings. The van der Waals surface area contributed by atoms with E-state index in [1.807, 2.05) is 36.4 Å². The Morgan fingerprint density at radius 3 is 2.44 bits per heavy atom. The Morgan fingerprint density at radius 1 is 1.04 bits per heavy atom.